The standard InChI is InChI=1S/C11H20F3NO/c1-5-10(6-2,11(12,13)14)9(16)15(7-3)8-4/h5-8H2,1-4H3. The molecule has 0 saturated carbocycles. The van der Waals surface area contributed by atoms with Crippen LogP contribution in [0.2, 0.25) is 0 Å². The maximum atomic E-state index is 13.0. The van der Waals surface area contributed by atoms with Gasteiger partial charge >= 0.3 is 6.18 Å². The van der Waals surface area contributed by atoms with Crippen LogP contribution in [0.1, 0.15) is 40.5 Å². The molecule has 0 N–H and O–H groups in total. The lowest BCUT2D eigenvalue weighted by Crippen LogP contribution is -2.51. The van der Waals surface area contributed by atoms with Gasteiger partial charge in [0.25, 0.3) is 0 Å². The zero-order valence-electron chi connectivity index (χ0n) is 10.3. The summed E-state index contributed by atoms with van der Waals surface area (Å²) in [5, 5.41) is 0. The Hall–Kier alpha value is -0.740. The molecule has 0 aliphatic heterocycles. The number of halogens is 3. The van der Waals surface area contributed by atoms with E-state index in [1.807, 2.05) is 0 Å². The molecule has 0 spiro atoms. The van der Waals surface area contributed by atoms with E-state index in [1.54, 1.807) is 13.8 Å². The Morgan fingerprint density at radius 1 is 1.00 bits per heavy atom. The molecule has 0 aliphatic carbocycles. The number of rotatable bonds is 5. The van der Waals surface area contributed by atoms with Crippen molar-refractivity contribution in [1.29, 1.82) is 0 Å². The van der Waals surface area contributed by atoms with Crippen molar-refractivity contribution in [1.82, 2.24) is 4.90 Å². The average molecular weight is 239 g/mol. The summed E-state index contributed by atoms with van der Waals surface area (Å²) in [4.78, 5) is 13.2. The molecule has 96 valence electrons. The average Bonchev–Trinajstić information content (AvgIpc) is 2.20. The first-order chi connectivity index (χ1) is 7.30. The zero-order chi connectivity index (χ0) is 13.0. The molecule has 2 nitrogen and oxygen atoms in total. The minimum atomic E-state index is -4.48. The highest BCUT2D eigenvalue weighted by atomic mass is 19.4. The Bertz CT molecular complexity index is 230. The van der Waals surface area contributed by atoms with Gasteiger partial charge in [0.15, 0.2) is 0 Å². The summed E-state index contributed by atoms with van der Waals surface area (Å²) in [5.74, 6) is -0.796. The molecular formula is C11H20F3NO. The second-order valence-electron chi connectivity index (χ2n) is 3.76. The number of hydrogen-bond donors (Lipinski definition) is 0. The van der Waals surface area contributed by atoms with Gasteiger partial charge in [0.05, 0.1) is 0 Å². The van der Waals surface area contributed by atoms with Crippen LogP contribution in [0.4, 0.5) is 13.2 Å². The summed E-state index contributed by atoms with van der Waals surface area (Å²) in [6.45, 7) is 6.83. The Balaban J connectivity index is 5.28. The van der Waals surface area contributed by atoms with E-state index >= 15 is 0 Å². The number of nitrogens with zero attached hydrogens (tertiary/aromatic N) is 1. The van der Waals surface area contributed by atoms with Gasteiger partial charge in [-0.15, -0.1) is 0 Å². The van der Waals surface area contributed by atoms with E-state index in [0.29, 0.717) is 13.1 Å². The van der Waals surface area contributed by atoms with Gasteiger partial charge in [-0.1, -0.05) is 13.8 Å². The van der Waals surface area contributed by atoms with Crippen molar-refractivity contribution in [3.63, 3.8) is 0 Å². The summed E-state index contributed by atoms with van der Waals surface area (Å²) in [7, 11) is 0. The molecule has 0 aromatic rings. The summed E-state index contributed by atoms with van der Waals surface area (Å²) in [6, 6.07) is 0. The molecule has 0 radical (unpaired) electrons. The highest BCUT2D eigenvalue weighted by Crippen LogP contribution is 2.45. The van der Waals surface area contributed by atoms with E-state index in [9.17, 15) is 18.0 Å². The first-order valence-electron chi connectivity index (χ1n) is 5.66. The molecule has 1 amide bonds. The minimum Gasteiger partial charge on any atom is -0.342 e. The van der Waals surface area contributed by atoms with E-state index in [-0.39, 0.29) is 12.8 Å². The van der Waals surface area contributed by atoms with Crippen molar-refractivity contribution in [3.8, 4) is 0 Å². The Morgan fingerprint density at radius 3 is 1.56 bits per heavy atom. The van der Waals surface area contributed by atoms with Gasteiger partial charge in [0, 0.05) is 13.1 Å². The normalized spacial score (nSPS) is 12.7. The van der Waals surface area contributed by atoms with E-state index < -0.39 is 17.5 Å². The van der Waals surface area contributed by atoms with E-state index in [4.69, 9.17) is 0 Å². The lowest BCUT2D eigenvalue weighted by atomic mass is 9.80. The molecule has 5 heteroatoms. The fourth-order valence-electron chi connectivity index (χ4n) is 1.89. The predicted molar refractivity (Wildman–Crippen MR) is 57.0 cm³/mol. The summed E-state index contributed by atoms with van der Waals surface area (Å²) in [5.41, 5.74) is -2.21. The molecule has 0 fully saturated rings. The minimum absolute atomic E-state index is 0.206. The number of carbonyl (C=O) groups excluding carboxylic acids is 1. The maximum Gasteiger partial charge on any atom is 0.403 e. The Kier molecular flexibility index (Phi) is 5.29. The van der Waals surface area contributed by atoms with Crippen molar-refractivity contribution in [2.24, 2.45) is 5.41 Å². The van der Waals surface area contributed by atoms with Gasteiger partial charge in [0.2, 0.25) is 5.91 Å². The van der Waals surface area contributed by atoms with Crippen LogP contribution in [0.5, 0.6) is 0 Å². The monoisotopic (exact) mass is 239 g/mol. The van der Waals surface area contributed by atoms with Gasteiger partial charge in [0.1, 0.15) is 5.41 Å². The third kappa shape index (κ3) is 2.50. The molecular weight excluding hydrogens is 219 g/mol. The largest absolute Gasteiger partial charge is 0.403 e. The number of alkyl halides is 3. The van der Waals surface area contributed by atoms with Crippen LogP contribution in [0.3, 0.4) is 0 Å². The third-order valence-corrected chi connectivity index (χ3v) is 3.21. The SMILES string of the molecule is CCN(CC)C(=O)C(CC)(CC)C(F)(F)F. The van der Waals surface area contributed by atoms with Crippen molar-refractivity contribution >= 4 is 5.91 Å². The van der Waals surface area contributed by atoms with Crippen LogP contribution >= 0.6 is 0 Å². The van der Waals surface area contributed by atoms with Crippen molar-refractivity contribution in [3.05, 3.63) is 0 Å². The molecule has 0 atom stereocenters. The van der Waals surface area contributed by atoms with Crippen LogP contribution in [-0.4, -0.2) is 30.1 Å². The zero-order valence-corrected chi connectivity index (χ0v) is 10.3. The molecule has 0 bridgehead atoms. The highest BCUT2D eigenvalue weighted by molar-refractivity contribution is 5.83. The van der Waals surface area contributed by atoms with Gasteiger partial charge in [-0.3, -0.25) is 4.79 Å². The van der Waals surface area contributed by atoms with Crippen molar-refractivity contribution < 1.29 is 18.0 Å². The number of amides is 1. The van der Waals surface area contributed by atoms with Crippen LogP contribution in [0.25, 0.3) is 0 Å². The van der Waals surface area contributed by atoms with Crippen LogP contribution in [0.15, 0.2) is 0 Å². The van der Waals surface area contributed by atoms with Crippen LogP contribution < -0.4 is 0 Å². The summed E-state index contributed by atoms with van der Waals surface area (Å²) < 4.78 is 39.0. The van der Waals surface area contributed by atoms with Crippen LogP contribution in [-0.2, 0) is 4.79 Å². The Morgan fingerprint density at radius 2 is 1.38 bits per heavy atom. The predicted octanol–water partition coefficient (Wildman–Crippen LogP) is 3.22. The Labute approximate surface area is 94.8 Å². The van der Waals surface area contributed by atoms with Gasteiger partial charge in [-0.05, 0) is 26.7 Å². The van der Waals surface area contributed by atoms with Gasteiger partial charge in [-0.2, -0.15) is 13.2 Å². The van der Waals surface area contributed by atoms with Gasteiger partial charge < -0.3 is 4.90 Å². The fourth-order valence-corrected chi connectivity index (χ4v) is 1.89. The third-order valence-electron chi connectivity index (χ3n) is 3.21. The topological polar surface area (TPSA) is 20.3 Å². The van der Waals surface area contributed by atoms with Crippen molar-refractivity contribution in [2.45, 2.75) is 46.7 Å². The quantitative estimate of drug-likeness (QED) is 0.721. The number of hydrogen-bond acceptors (Lipinski definition) is 1. The van der Waals surface area contributed by atoms with Crippen LogP contribution in [0, 0.1) is 5.41 Å². The van der Waals surface area contributed by atoms with E-state index in [0.717, 1.165) is 0 Å². The van der Waals surface area contributed by atoms with Crippen molar-refractivity contribution in [2.75, 3.05) is 13.1 Å². The second kappa shape index (κ2) is 5.55. The molecule has 0 unspecified atom stereocenters. The summed E-state index contributed by atoms with van der Waals surface area (Å²) in [6.07, 6.45) is -4.89. The van der Waals surface area contributed by atoms with E-state index in [2.05, 4.69) is 0 Å². The molecule has 0 heterocycles. The first kappa shape index (κ1) is 15.3. The lowest BCUT2D eigenvalue weighted by Gasteiger charge is -2.36. The fraction of sp³-hybridized carbons (Fsp3) is 0.909. The van der Waals surface area contributed by atoms with Gasteiger partial charge in [-0.25, -0.2) is 0 Å². The number of carbonyl (C=O) groups is 1. The maximum absolute atomic E-state index is 13.0. The first-order valence-corrected chi connectivity index (χ1v) is 5.66. The molecule has 0 aromatic heterocycles. The summed E-state index contributed by atoms with van der Waals surface area (Å²) >= 11 is 0. The second-order valence-corrected chi connectivity index (χ2v) is 3.76. The lowest BCUT2D eigenvalue weighted by molar-refractivity contribution is -0.229. The highest BCUT2D eigenvalue weighted by Gasteiger charge is 2.58. The molecule has 0 saturated heterocycles. The molecule has 0 aromatic carbocycles. The molecule has 0 rings (SSSR count). The molecule has 16 heavy (non-hydrogen) atoms. The van der Waals surface area contributed by atoms with E-state index in [1.165, 1.54) is 18.7 Å². The molecule has 0 aliphatic rings. The smallest absolute Gasteiger partial charge is 0.342 e.